The summed E-state index contributed by atoms with van der Waals surface area (Å²) in [5.41, 5.74) is 0. The lowest BCUT2D eigenvalue weighted by Crippen LogP contribution is -2.49. The van der Waals surface area contributed by atoms with Gasteiger partial charge in [0.2, 0.25) is 11.9 Å². The molecule has 21 heavy (non-hydrogen) atoms. The van der Waals surface area contributed by atoms with Crippen molar-refractivity contribution in [3.8, 4) is 0 Å². The Morgan fingerprint density at radius 2 is 2.10 bits per heavy atom. The molecular formula is C14H20N4O3. The summed E-state index contributed by atoms with van der Waals surface area (Å²) in [6, 6.07) is 1.66. The first-order valence-corrected chi connectivity index (χ1v) is 6.99. The number of aromatic nitrogens is 2. The number of carboxylic acids is 1. The molecule has 0 aliphatic carbocycles. The van der Waals surface area contributed by atoms with Gasteiger partial charge in [-0.3, -0.25) is 9.59 Å². The van der Waals surface area contributed by atoms with Crippen LogP contribution in [0.15, 0.2) is 18.5 Å². The molecule has 2 heterocycles. The van der Waals surface area contributed by atoms with Crippen molar-refractivity contribution in [2.45, 2.75) is 25.8 Å². The van der Waals surface area contributed by atoms with Crippen molar-refractivity contribution in [2.75, 3.05) is 25.0 Å². The fraction of sp³-hybridized carbons (Fsp3) is 0.571. The Kier molecular flexibility index (Phi) is 4.72. The summed E-state index contributed by atoms with van der Waals surface area (Å²) in [5, 5.41) is 9.05. The zero-order valence-electron chi connectivity index (χ0n) is 12.3. The molecule has 1 fully saturated rings. The number of carbonyl (C=O) groups excluding carboxylic acids is 1. The van der Waals surface area contributed by atoms with Crippen LogP contribution in [0.25, 0.3) is 0 Å². The van der Waals surface area contributed by atoms with E-state index in [4.69, 9.17) is 5.11 Å². The molecule has 0 radical (unpaired) electrons. The van der Waals surface area contributed by atoms with Gasteiger partial charge in [0.05, 0.1) is 12.5 Å². The van der Waals surface area contributed by atoms with Crippen LogP contribution in [-0.4, -0.2) is 58.0 Å². The van der Waals surface area contributed by atoms with Gasteiger partial charge >= 0.3 is 5.97 Å². The van der Waals surface area contributed by atoms with Crippen LogP contribution < -0.4 is 4.90 Å². The summed E-state index contributed by atoms with van der Waals surface area (Å²) in [5.74, 6) is -0.650. The number of carboxylic acid groups (broad SMARTS) is 1. The van der Waals surface area contributed by atoms with E-state index in [1.54, 1.807) is 35.3 Å². The van der Waals surface area contributed by atoms with E-state index in [0.29, 0.717) is 25.3 Å². The second kappa shape index (κ2) is 6.51. The summed E-state index contributed by atoms with van der Waals surface area (Å²) in [4.78, 5) is 35.0. The second-order valence-corrected chi connectivity index (χ2v) is 5.40. The first kappa shape index (κ1) is 15.2. The molecule has 0 aromatic carbocycles. The molecule has 2 atom stereocenters. The highest BCUT2D eigenvalue weighted by Crippen LogP contribution is 2.23. The number of rotatable bonds is 4. The summed E-state index contributed by atoms with van der Waals surface area (Å²) >= 11 is 0. The maximum Gasteiger partial charge on any atom is 0.306 e. The molecule has 0 bridgehead atoms. The molecule has 1 saturated heterocycles. The minimum atomic E-state index is -0.774. The van der Waals surface area contributed by atoms with Crippen LogP contribution in [0.4, 0.5) is 5.95 Å². The molecule has 2 unspecified atom stereocenters. The largest absolute Gasteiger partial charge is 0.481 e. The number of nitrogens with zero attached hydrogens (tertiary/aromatic N) is 4. The molecule has 2 rings (SSSR count). The number of hydrogen-bond donors (Lipinski definition) is 1. The molecule has 1 aliphatic rings. The maximum absolute atomic E-state index is 12.4. The van der Waals surface area contributed by atoms with E-state index in [1.165, 1.54) is 0 Å². The number of anilines is 1. The number of amides is 1. The van der Waals surface area contributed by atoms with E-state index < -0.39 is 5.97 Å². The van der Waals surface area contributed by atoms with Gasteiger partial charge < -0.3 is 14.9 Å². The smallest absolute Gasteiger partial charge is 0.306 e. The molecule has 7 nitrogen and oxygen atoms in total. The highest BCUT2D eigenvalue weighted by Gasteiger charge is 2.32. The molecule has 1 N–H and O–H groups in total. The number of likely N-dealkylation sites (N-methyl/N-ethyl adjacent to an activating group) is 1. The van der Waals surface area contributed by atoms with E-state index in [-0.39, 0.29) is 24.4 Å². The van der Waals surface area contributed by atoms with Crippen molar-refractivity contribution in [1.29, 1.82) is 0 Å². The van der Waals surface area contributed by atoms with E-state index in [2.05, 4.69) is 9.97 Å². The monoisotopic (exact) mass is 292 g/mol. The molecule has 7 heteroatoms. The van der Waals surface area contributed by atoms with Crippen molar-refractivity contribution in [1.82, 2.24) is 14.9 Å². The van der Waals surface area contributed by atoms with Gasteiger partial charge in [-0.1, -0.05) is 0 Å². The van der Waals surface area contributed by atoms with Crippen LogP contribution in [0, 0.1) is 5.92 Å². The Morgan fingerprint density at radius 1 is 1.43 bits per heavy atom. The zero-order chi connectivity index (χ0) is 15.4. The van der Waals surface area contributed by atoms with Crippen molar-refractivity contribution in [3.63, 3.8) is 0 Å². The SMILES string of the molecule is CC1CC(C(=O)O)CCN1C(=O)CN(C)c1ncccn1. The lowest BCUT2D eigenvalue weighted by molar-refractivity contribution is -0.147. The summed E-state index contributed by atoms with van der Waals surface area (Å²) in [7, 11) is 1.77. The lowest BCUT2D eigenvalue weighted by atomic mass is 9.91. The van der Waals surface area contributed by atoms with Gasteiger partial charge in [0, 0.05) is 32.0 Å². The molecule has 114 valence electrons. The first-order valence-electron chi connectivity index (χ1n) is 6.99. The van der Waals surface area contributed by atoms with Gasteiger partial charge in [-0.25, -0.2) is 9.97 Å². The van der Waals surface area contributed by atoms with Crippen LogP contribution >= 0.6 is 0 Å². The lowest BCUT2D eigenvalue weighted by Gasteiger charge is -2.37. The van der Waals surface area contributed by atoms with Gasteiger partial charge in [0.1, 0.15) is 0 Å². The molecule has 1 aliphatic heterocycles. The van der Waals surface area contributed by atoms with Crippen molar-refractivity contribution in [3.05, 3.63) is 18.5 Å². The standard InChI is InChI=1S/C14H20N4O3/c1-10-8-11(13(20)21)4-7-18(10)12(19)9-17(2)14-15-5-3-6-16-14/h3,5-6,10-11H,4,7-9H2,1-2H3,(H,20,21). The second-order valence-electron chi connectivity index (χ2n) is 5.40. The van der Waals surface area contributed by atoms with Crippen LogP contribution in [0.1, 0.15) is 19.8 Å². The predicted molar refractivity (Wildman–Crippen MR) is 76.8 cm³/mol. The normalized spacial score (nSPS) is 21.9. The molecular weight excluding hydrogens is 272 g/mol. The Morgan fingerprint density at radius 3 is 2.67 bits per heavy atom. The number of piperidine rings is 1. The number of aliphatic carboxylic acids is 1. The molecule has 0 spiro atoms. The highest BCUT2D eigenvalue weighted by atomic mass is 16.4. The van der Waals surface area contributed by atoms with E-state index in [9.17, 15) is 9.59 Å². The Hall–Kier alpha value is -2.18. The van der Waals surface area contributed by atoms with Crippen molar-refractivity contribution >= 4 is 17.8 Å². The van der Waals surface area contributed by atoms with Gasteiger partial charge in [-0.05, 0) is 25.8 Å². The van der Waals surface area contributed by atoms with Gasteiger partial charge in [0.25, 0.3) is 0 Å². The Labute approximate surface area is 123 Å². The van der Waals surface area contributed by atoms with Crippen LogP contribution in [0.5, 0.6) is 0 Å². The fourth-order valence-electron chi connectivity index (χ4n) is 2.62. The first-order chi connectivity index (χ1) is 9.99. The summed E-state index contributed by atoms with van der Waals surface area (Å²) in [6.45, 7) is 2.57. The molecule has 1 aromatic heterocycles. The quantitative estimate of drug-likeness (QED) is 0.875. The summed E-state index contributed by atoms with van der Waals surface area (Å²) in [6.07, 6.45) is 4.28. The van der Waals surface area contributed by atoms with Gasteiger partial charge in [0.15, 0.2) is 0 Å². The average molecular weight is 292 g/mol. The maximum atomic E-state index is 12.4. The molecule has 1 amide bonds. The van der Waals surface area contributed by atoms with Crippen LogP contribution in [0.3, 0.4) is 0 Å². The third kappa shape index (κ3) is 3.68. The third-order valence-corrected chi connectivity index (χ3v) is 3.81. The topological polar surface area (TPSA) is 86.6 Å². The van der Waals surface area contributed by atoms with E-state index in [1.807, 2.05) is 6.92 Å². The molecule has 0 saturated carbocycles. The Balaban J connectivity index is 1.93. The fourth-order valence-corrected chi connectivity index (χ4v) is 2.62. The zero-order valence-corrected chi connectivity index (χ0v) is 12.3. The number of likely N-dealkylation sites (tertiary alicyclic amines) is 1. The van der Waals surface area contributed by atoms with Crippen LogP contribution in [0.2, 0.25) is 0 Å². The van der Waals surface area contributed by atoms with E-state index >= 15 is 0 Å². The van der Waals surface area contributed by atoms with Gasteiger partial charge in [-0.15, -0.1) is 0 Å². The minimum Gasteiger partial charge on any atom is -0.481 e. The third-order valence-electron chi connectivity index (χ3n) is 3.81. The number of hydrogen-bond acceptors (Lipinski definition) is 5. The van der Waals surface area contributed by atoms with Crippen LogP contribution in [-0.2, 0) is 9.59 Å². The molecule has 1 aromatic rings. The van der Waals surface area contributed by atoms with Gasteiger partial charge in [-0.2, -0.15) is 0 Å². The van der Waals surface area contributed by atoms with Crippen molar-refractivity contribution in [2.24, 2.45) is 5.92 Å². The average Bonchev–Trinajstić information content (AvgIpc) is 2.47. The minimum absolute atomic E-state index is 0.0266. The highest BCUT2D eigenvalue weighted by molar-refractivity contribution is 5.81. The number of carbonyl (C=O) groups is 2. The van der Waals surface area contributed by atoms with Crippen molar-refractivity contribution < 1.29 is 14.7 Å². The predicted octanol–water partition coefficient (Wildman–Crippen LogP) is 0.624. The van der Waals surface area contributed by atoms with E-state index in [0.717, 1.165) is 0 Å². The summed E-state index contributed by atoms with van der Waals surface area (Å²) < 4.78 is 0. The Bertz CT molecular complexity index is 508.